The molecule has 3 nitrogen and oxygen atoms in total. The van der Waals surface area contributed by atoms with E-state index < -0.39 is 0 Å². The van der Waals surface area contributed by atoms with Crippen LogP contribution in [0.25, 0.3) is 6.08 Å². The predicted octanol–water partition coefficient (Wildman–Crippen LogP) is 1.96. The minimum Gasteiger partial charge on any atom is -0.383 e. The van der Waals surface area contributed by atoms with Gasteiger partial charge in [-0.05, 0) is 40.3 Å². The van der Waals surface area contributed by atoms with E-state index in [1.807, 2.05) is 22.6 Å². The van der Waals surface area contributed by atoms with Crippen LogP contribution in [0.15, 0.2) is 6.58 Å². The molecule has 0 saturated heterocycles. The summed E-state index contributed by atoms with van der Waals surface area (Å²) in [6.07, 6.45) is 1.59. The van der Waals surface area contributed by atoms with Gasteiger partial charge in [0.15, 0.2) is 0 Å². The standard InChI is InChI=1S/C6H5ClIN3/c1-2-3-4(8)5(9)11-6(7)10-3/h2H,1H2,(H2,9,10,11). The van der Waals surface area contributed by atoms with Crippen LogP contribution >= 0.6 is 34.2 Å². The molecular weight excluding hydrogens is 276 g/mol. The van der Waals surface area contributed by atoms with E-state index in [1.165, 1.54) is 0 Å². The molecule has 0 atom stereocenters. The summed E-state index contributed by atoms with van der Waals surface area (Å²) >= 11 is 7.59. The van der Waals surface area contributed by atoms with Crippen molar-refractivity contribution >= 4 is 46.1 Å². The first-order valence-corrected chi connectivity index (χ1v) is 4.21. The smallest absolute Gasteiger partial charge is 0.224 e. The Kier molecular flexibility index (Phi) is 2.67. The average molecular weight is 281 g/mol. The van der Waals surface area contributed by atoms with Crippen molar-refractivity contribution in [3.05, 3.63) is 21.1 Å². The van der Waals surface area contributed by atoms with Crippen molar-refractivity contribution in [2.45, 2.75) is 0 Å². The van der Waals surface area contributed by atoms with Crippen LogP contribution < -0.4 is 5.73 Å². The van der Waals surface area contributed by atoms with Crippen molar-refractivity contribution in [2.24, 2.45) is 0 Å². The molecule has 0 radical (unpaired) electrons. The van der Waals surface area contributed by atoms with Crippen molar-refractivity contribution in [3.63, 3.8) is 0 Å². The quantitative estimate of drug-likeness (QED) is 0.632. The molecule has 58 valence electrons. The minimum atomic E-state index is 0.151. The van der Waals surface area contributed by atoms with Crippen LogP contribution in [0.3, 0.4) is 0 Å². The highest BCUT2D eigenvalue weighted by Gasteiger charge is 2.04. The van der Waals surface area contributed by atoms with E-state index in [-0.39, 0.29) is 5.28 Å². The Hall–Kier alpha value is -0.360. The molecule has 0 fully saturated rings. The molecule has 0 bridgehead atoms. The fourth-order valence-electron chi connectivity index (χ4n) is 0.588. The monoisotopic (exact) mass is 281 g/mol. The minimum absolute atomic E-state index is 0.151. The second-order valence-electron chi connectivity index (χ2n) is 1.78. The van der Waals surface area contributed by atoms with E-state index in [0.717, 1.165) is 3.57 Å². The lowest BCUT2D eigenvalue weighted by molar-refractivity contribution is 1.14. The highest BCUT2D eigenvalue weighted by Crippen LogP contribution is 2.18. The van der Waals surface area contributed by atoms with Gasteiger partial charge in [0, 0.05) is 0 Å². The second kappa shape index (κ2) is 3.36. The van der Waals surface area contributed by atoms with Crippen LogP contribution in [0.1, 0.15) is 5.69 Å². The van der Waals surface area contributed by atoms with Crippen molar-refractivity contribution < 1.29 is 0 Å². The summed E-state index contributed by atoms with van der Waals surface area (Å²) in [5.74, 6) is 0.389. The molecule has 5 heteroatoms. The molecule has 0 spiro atoms. The molecule has 0 aromatic carbocycles. The van der Waals surface area contributed by atoms with Gasteiger partial charge in [-0.15, -0.1) is 0 Å². The first kappa shape index (κ1) is 8.73. The maximum atomic E-state index is 5.55. The molecule has 1 aromatic rings. The predicted molar refractivity (Wildman–Crippen MR) is 54.3 cm³/mol. The van der Waals surface area contributed by atoms with Gasteiger partial charge >= 0.3 is 0 Å². The number of aromatic nitrogens is 2. The Morgan fingerprint density at radius 2 is 2.18 bits per heavy atom. The molecule has 1 rings (SSSR count). The van der Waals surface area contributed by atoms with Crippen LogP contribution in [0.4, 0.5) is 5.82 Å². The third-order valence-electron chi connectivity index (χ3n) is 1.07. The summed E-state index contributed by atoms with van der Waals surface area (Å²) < 4.78 is 0.780. The highest BCUT2D eigenvalue weighted by atomic mass is 127. The molecule has 0 aliphatic carbocycles. The molecule has 11 heavy (non-hydrogen) atoms. The first-order chi connectivity index (χ1) is 5.15. The lowest BCUT2D eigenvalue weighted by atomic mass is 10.4. The second-order valence-corrected chi connectivity index (χ2v) is 3.20. The summed E-state index contributed by atoms with van der Waals surface area (Å²) in [6.45, 7) is 3.56. The third-order valence-corrected chi connectivity index (χ3v) is 2.34. The number of nitrogen functional groups attached to an aromatic ring is 1. The zero-order valence-corrected chi connectivity index (χ0v) is 8.43. The van der Waals surface area contributed by atoms with E-state index in [2.05, 4.69) is 16.5 Å². The summed E-state index contributed by atoms with van der Waals surface area (Å²) in [7, 11) is 0. The van der Waals surface area contributed by atoms with Gasteiger partial charge in [0.25, 0.3) is 0 Å². The molecule has 0 aliphatic heterocycles. The number of anilines is 1. The zero-order chi connectivity index (χ0) is 8.43. The van der Waals surface area contributed by atoms with E-state index in [4.69, 9.17) is 17.3 Å². The number of hydrogen-bond acceptors (Lipinski definition) is 3. The van der Waals surface area contributed by atoms with Gasteiger partial charge in [-0.3, -0.25) is 0 Å². The van der Waals surface area contributed by atoms with Gasteiger partial charge in [0.2, 0.25) is 5.28 Å². The normalized spacial score (nSPS) is 9.64. The lowest BCUT2D eigenvalue weighted by Crippen LogP contribution is -1.99. The van der Waals surface area contributed by atoms with Crippen molar-refractivity contribution in [1.29, 1.82) is 0 Å². The fraction of sp³-hybridized carbons (Fsp3) is 0. The number of hydrogen-bond donors (Lipinski definition) is 1. The largest absolute Gasteiger partial charge is 0.383 e. The fourth-order valence-corrected chi connectivity index (χ4v) is 1.23. The van der Waals surface area contributed by atoms with Gasteiger partial charge in [-0.1, -0.05) is 6.58 Å². The number of rotatable bonds is 1. The van der Waals surface area contributed by atoms with E-state index in [9.17, 15) is 0 Å². The Labute approximate surface area is 82.8 Å². The van der Waals surface area contributed by atoms with E-state index >= 15 is 0 Å². The van der Waals surface area contributed by atoms with Crippen LogP contribution in [0.5, 0.6) is 0 Å². The van der Waals surface area contributed by atoms with Crippen LogP contribution in [-0.2, 0) is 0 Å². The third kappa shape index (κ3) is 1.81. The lowest BCUT2D eigenvalue weighted by Gasteiger charge is -2.00. The van der Waals surface area contributed by atoms with Crippen LogP contribution in [0.2, 0.25) is 5.28 Å². The molecule has 1 aromatic heterocycles. The zero-order valence-electron chi connectivity index (χ0n) is 5.51. The summed E-state index contributed by atoms with van der Waals surface area (Å²) in [5, 5.41) is 0.151. The maximum absolute atomic E-state index is 5.55. The SMILES string of the molecule is C=Cc1nc(Cl)nc(N)c1I. The summed E-state index contributed by atoms with van der Waals surface area (Å²) in [4.78, 5) is 7.66. The topological polar surface area (TPSA) is 51.8 Å². The van der Waals surface area contributed by atoms with Crippen LogP contribution in [-0.4, -0.2) is 9.97 Å². The van der Waals surface area contributed by atoms with Gasteiger partial charge in [0.1, 0.15) is 5.82 Å². The molecule has 2 N–H and O–H groups in total. The van der Waals surface area contributed by atoms with Gasteiger partial charge in [0.05, 0.1) is 9.26 Å². The van der Waals surface area contributed by atoms with Crippen LogP contribution in [0, 0.1) is 3.57 Å². The highest BCUT2D eigenvalue weighted by molar-refractivity contribution is 14.1. The Morgan fingerprint density at radius 3 is 2.73 bits per heavy atom. The summed E-state index contributed by atoms with van der Waals surface area (Å²) in [6, 6.07) is 0. The van der Waals surface area contributed by atoms with Gasteiger partial charge in [-0.25, -0.2) is 4.98 Å². The Balaban J connectivity index is 3.35. The molecule has 0 amide bonds. The van der Waals surface area contributed by atoms with Crippen molar-refractivity contribution in [2.75, 3.05) is 5.73 Å². The van der Waals surface area contributed by atoms with Gasteiger partial charge in [-0.2, -0.15) is 4.98 Å². The van der Waals surface area contributed by atoms with Crippen molar-refractivity contribution in [1.82, 2.24) is 9.97 Å². The molecular formula is C6H5ClIN3. The summed E-state index contributed by atoms with van der Waals surface area (Å²) in [5.41, 5.74) is 6.18. The number of halogens is 2. The number of nitrogens with two attached hydrogens (primary N) is 1. The maximum Gasteiger partial charge on any atom is 0.224 e. The Morgan fingerprint density at radius 1 is 1.55 bits per heavy atom. The first-order valence-electron chi connectivity index (χ1n) is 2.76. The molecule has 0 unspecified atom stereocenters. The van der Waals surface area contributed by atoms with Crippen molar-refractivity contribution in [3.8, 4) is 0 Å². The van der Waals surface area contributed by atoms with E-state index in [0.29, 0.717) is 11.5 Å². The number of nitrogens with zero attached hydrogens (tertiary/aromatic N) is 2. The van der Waals surface area contributed by atoms with Gasteiger partial charge < -0.3 is 5.73 Å². The molecule has 0 saturated carbocycles. The average Bonchev–Trinajstić information content (AvgIpc) is 1.96. The molecule has 1 heterocycles. The molecule has 0 aliphatic rings. The Bertz CT molecular complexity index is 300. The van der Waals surface area contributed by atoms with E-state index in [1.54, 1.807) is 6.08 Å².